The highest BCUT2D eigenvalue weighted by atomic mass is 32.1. The first-order chi connectivity index (χ1) is 9.28. The maximum absolute atomic E-state index is 11.7. The summed E-state index contributed by atoms with van der Waals surface area (Å²) in [6.45, 7) is 6.49. The van der Waals surface area contributed by atoms with Gasteiger partial charge < -0.3 is 10.2 Å². The van der Waals surface area contributed by atoms with Crippen molar-refractivity contribution in [3.05, 3.63) is 28.5 Å². The van der Waals surface area contributed by atoms with Gasteiger partial charge in [0, 0.05) is 12.6 Å². The second-order valence-corrected chi connectivity index (χ2v) is 5.79. The highest BCUT2D eigenvalue weighted by Crippen LogP contribution is 2.15. The summed E-state index contributed by atoms with van der Waals surface area (Å²) < 4.78 is 0. The molecule has 104 valence electrons. The summed E-state index contributed by atoms with van der Waals surface area (Å²) in [4.78, 5) is 14.2. The van der Waals surface area contributed by atoms with E-state index in [1.165, 1.54) is 25.9 Å². The number of carbonyl (C=O) groups is 1. The molecule has 3 nitrogen and oxygen atoms in total. The van der Waals surface area contributed by atoms with Crippen LogP contribution in [0.5, 0.6) is 0 Å². The van der Waals surface area contributed by atoms with Crippen molar-refractivity contribution >= 4 is 23.3 Å². The third-order valence-electron chi connectivity index (χ3n) is 3.69. The number of hydrogen-bond acceptors (Lipinski definition) is 3. The number of carbonyl (C=O) groups excluding carboxylic acids is 1. The van der Waals surface area contributed by atoms with Crippen LogP contribution in [0.1, 0.15) is 25.3 Å². The molecule has 0 unspecified atom stereocenters. The van der Waals surface area contributed by atoms with Gasteiger partial charge in [0.05, 0.1) is 0 Å². The molecule has 0 aromatic carbocycles. The molecule has 1 aromatic heterocycles. The zero-order chi connectivity index (χ0) is 13.5. The fourth-order valence-corrected chi connectivity index (χ4v) is 2.98. The summed E-state index contributed by atoms with van der Waals surface area (Å²) >= 11 is 1.64. The molecule has 1 fully saturated rings. The molecule has 1 N–H and O–H groups in total. The van der Waals surface area contributed by atoms with Crippen LogP contribution in [0.2, 0.25) is 0 Å². The van der Waals surface area contributed by atoms with E-state index in [1.54, 1.807) is 17.4 Å². The van der Waals surface area contributed by atoms with Crippen LogP contribution in [0.3, 0.4) is 0 Å². The molecule has 4 heteroatoms. The van der Waals surface area contributed by atoms with E-state index in [1.807, 2.05) is 22.9 Å². The lowest BCUT2D eigenvalue weighted by molar-refractivity contribution is -0.116. The van der Waals surface area contributed by atoms with Gasteiger partial charge in [0.1, 0.15) is 0 Å². The minimum atomic E-state index is 0.0177. The van der Waals surface area contributed by atoms with E-state index < -0.39 is 0 Å². The Morgan fingerprint density at radius 1 is 1.53 bits per heavy atom. The van der Waals surface area contributed by atoms with Crippen LogP contribution in [0.4, 0.5) is 0 Å². The van der Waals surface area contributed by atoms with Crippen molar-refractivity contribution in [2.45, 2.75) is 19.8 Å². The van der Waals surface area contributed by atoms with Crippen molar-refractivity contribution in [2.75, 3.05) is 26.2 Å². The number of nitrogens with zero attached hydrogens (tertiary/aromatic N) is 1. The molecule has 1 aliphatic heterocycles. The number of piperidine rings is 1. The second kappa shape index (κ2) is 7.46. The van der Waals surface area contributed by atoms with Gasteiger partial charge in [0.15, 0.2) is 0 Å². The largest absolute Gasteiger partial charge is 0.352 e. The Hall–Kier alpha value is -1.13. The second-order valence-electron chi connectivity index (χ2n) is 5.01. The standard InChI is InChI=1S/C15H22N2OS/c1-2-17-8-5-13(6-9-17)11-16-15(18)4-3-14-7-10-19-12-14/h3-4,7,10,12-13H,2,5-6,8-9,11H2,1H3,(H,16,18)/b4-3-. The molecule has 0 atom stereocenters. The molecule has 0 saturated carbocycles. The number of likely N-dealkylation sites (tertiary alicyclic amines) is 1. The summed E-state index contributed by atoms with van der Waals surface area (Å²) in [7, 11) is 0. The Morgan fingerprint density at radius 3 is 2.95 bits per heavy atom. The van der Waals surface area contributed by atoms with E-state index in [4.69, 9.17) is 0 Å². The average molecular weight is 278 g/mol. The lowest BCUT2D eigenvalue weighted by Gasteiger charge is -2.30. The van der Waals surface area contributed by atoms with Crippen molar-refractivity contribution < 1.29 is 4.79 Å². The maximum Gasteiger partial charge on any atom is 0.244 e. The zero-order valence-corrected chi connectivity index (χ0v) is 12.3. The van der Waals surface area contributed by atoms with Crippen LogP contribution in [-0.2, 0) is 4.79 Å². The minimum absolute atomic E-state index is 0.0177. The van der Waals surface area contributed by atoms with Gasteiger partial charge in [-0.15, -0.1) is 0 Å². The van der Waals surface area contributed by atoms with Crippen molar-refractivity contribution in [1.29, 1.82) is 0 Å². The molecule has 2 heterocycles. The first kappa shape index (κ1) is 14.3. The van der Waals surface area contributed by atoms with Crippen molar-refractivity contribution in [2.24, 2.45) is 5.92 Å². The summed E-state index contributed by atoms with van der Waals surface area (Å²) in [5.74, 6) is 0.658. The Kier molecular flexibility index (Phi) is 5.61. The minimum Gasteiger partial charge on any atom is -0.352 e. The first-order valence-corrected chi connectivity index (χ1v) is 7.92. The number of hydrogen-bond donors (Lipinski definition) is 1. The highest BCUT2D eigenvalue weighted by Gasteiger charge is 2.17. The van der Waals surface area contributed by atoms with Gasteiger partial charge in [-0.3, -0.25) is 4.79 Å². The normalized spacial score (nSPS) is 17.9. The predicted octanol–water partition coefficient (Wildman–Crippen LogP) is 2.61. The molecule has 1 saturated heterocycles. The van der Waals surface area contributed by atoms with E-state index in [-0.39, 0.29) is 5.91 Å². The fourth-order valence-electron chi connectivity index (χ4n) is 2.35. The summed E-state index contributed by atoms with van der Waals surface area (Å²) in [6.07, 6.45) is 5.89. The predicted molar refractivity (Wildman–Crippen MR) is 81.2 cm³/mol. The molecule has 2 rings (SSSR count). The Labute approximate surface area is 119 Å². The molecular formula is C15H22N2OS. The molecule has 1 aromatic rings. The third-order valence-corrected chi connectivity index (χ3v) is 4.39. The number of thiophene rings is 1. The number of rotatable bonds is 5. The van der Waals surface area contributed by atoms with Gasteiger partial charge in [-0.05, 0) is 66.9 Å². The van der Waals surface area contributed by atoms with Gasteiger partial charge in [0.25, 0.3) is 0 Å². The molecule has 1 aliphatic rings. The van der Waals surface area contributed by atoms with Gasteiger partial charge in [-0.1, -0.05) is 6.92 Å². The maximum atomic E-state index is 11.7. The average Bonchev–Trinajstić information content (AvgIpc) is 2.96. The van der Waals surface area contributed by atoms with Crippen molar-refractivity contribution in [3.8, 4) is 0 Å². The van der Waals surface area contributed by atoms with E-state index in [0.717, 1.165) is 18.7 Å². The Morgan fingerprint density at radius 2 is 2.32 bits per heavy atom. The monoisotopic (exact) mass is 278 g/mol. The van der Waals surface area contributed by atoms with Crippen LogP contribution in [0.15, 0.2) is 22.9 Å². The van der Waals surface area contributed by atoms with Gasteiger partial charge in [-0.25, -0.2) is 0 Å². The summed E-state index contributed by atoms with van der Waals surface area (Å²) in [5.41, 5.74) is 1.09. The third kappa shape index (κ3) is 4.80. The van der Waals surface area contributed by atoms with E-state index in [0.29, 0.717) is 5.92 Å². The molecule has 19 heavy (non-hydrogen) atoms. The van der Waals surface area contributed by atoms with Gasteiger partial charge >= 0.3 is 0 Å². The van der Waals surface area contributed by atoms with Crippen molar-refractivity contribution in [1.82, 2.24) is 10.2 Å². The lowest BCUT2D eigenvalue weighted by atomic mass is 9.97. The topological polar surface area (TPSA) is 32.3 Å². The van der Waals surface area contributed by atoms with Gasteiger partial charge in [-0.2, -0.15) is 11.3 Å². The van der Waals surface area contributed by atoms with E-state index in [2.05, 4.69) is 17.1 Å². The van der Waals surface area contributed by atoms with E-state index >= 15 is 0 Å². The smallest absolute Gasteiger partial charge is 0.244 e. The molecule has 1 amide bonds. The molecular weight excluding hydrogens is 256 g/mol. The van der Waals surface area contributed by atoms with Gasteiger partial charge in [0.2, 0.25) is 5.91 Å². The van der Waals surface area contributed by atoms with E-state index in [9.17, 15) is 4.79 Å². The van der Waals surface area contributed by atoms with Crippen molar-refractivity contribution in [3.63, 3.8) is 0 Å². The molecule has 0 spiro atoms. The Bertz CT molecular complexity index is 406. The summed E-state index contributed by atoms with van der Waals surface area (Å²) in [6, 6.07) is 2.01. The number of nitrogens with one attached hydrogen (secondary N) is 1. The molecule has 0 radical (unpaired) electrons. The van der Waals surface area contributed by atoms with Crippen LogP contribution >= 0.6 is 11.3 Å². The molecule has 0 bridgehead atoms. The fraction of sp³-hybridized carbons (Fsp3) is 0.533. The first-order valence-electron chi connectivity index (χ1n) is 6.98. The van der Waals surface area contributed by atoms with Crippen LogP contribution in [0, 0.1) is 5.92 Å². The summed E-state index contributed by atoms with van der Waals surface area (Å²) in [5, 5.41) is 7.05. The quantitative estimate of drug-likeness (QED) is 0.840. The number of amides is 1. The van der Waals surface area contributed by atoms with Crippen LogP contribution in [-0.4, -0.2) is 37.0 Å². The Balaban J connectivity index is 1.67. The zero-order valence-electron chi connectivity index (χ0n) is 11.5. The van der Waals surface area contributed by atoms with Crippen LogP contribution in [0.25, 0.3) is 6.08 Å². The lowest BCUT2D eigenvalue weighted by Crippen LogP contribution is -2.38. The molecule has 0 aliphatic carbocycles. The highest BCUT2D eigenvalue weighted by molar-refractivity contribution is 7.08. The SMILES string of the molecule is CCN1CCC(CNC(=O)/C=C\c2ccsc2)CC1. The van der Waals surface area contributed by atoms with Crippen LogP contribution < -0.4 is 5.32 Å².